The number of halogens is 1. The van der Waals surface area contributed by atoms with E-state index in [1.54, 1.807) is 10.6 Å². The van der Waals surface area contributed by atoms with Crippen molar-refractivity contribution in [2.75, 3.05) is 0 Å². The van der Waals surface area contributed by atoms with Crippen molar-refractivity contribution in [3.8, 4) is 11.3 Å². The highest BCUT2D eigenvalue weighted by Gasteiger charge is 2.18. The van der Waals surface area contributed by atoms with E-state index >= 15 is 4.39 Å². The molecule has 5 heteroatoms. The van der Waals surface area contributed by atoms with Crippen LogP contribution in [-0.2, 0) is 0 Å². The molecule has 5 rings (SSSR count). The van der Waals surface area contributed by atoms with Crippen LogP contribution in [0.2, 0.25) is 0 Å². The number of benzene rings is 1. The highest BCUT2D eigenvalue weighted by Crippen LogP contribution is 2.34. The number of imidazole rings is 1. The number of nitrogens with zero attached hydrogens (tertiary/aromatic N) is 4. The molecule has 3 aromatic heterocycles. The van der Waals surface area contributed by atoms with Crippen LogP contribution in [-0.4, -0.2) is 19.6 Å². The van der Waals surface area contributed by atoms with Gasteiger partial charge < -0.3 is 0 Å². The number of aryl methyl sites for hydroxylation is 2. The molecule has 0 N–H and O–H groups in total. The Morgan fingerprint density at radius 1 is 1.04 bits per heavy atom. The Balaban J connectivity index is 1.59. The number of hydrogen-bond acceptors (Lipinski definition) is 3. The zero-order valence-electron chi connectivity index (χ0n) is 16.2. The van der Waals surface area contributed by atoms with Crippen molar-refractivity contribution >= 4 is 16.4 Å². The smallest absolute Gasteiger partial charge is 0.156 e. The molecular weight excluding hydrogens is 351 g/mol. The Morgan fingerprint density at radius 2 is 1.86 bits per heavy atom. The zero-order chi connectivity index (χ0) is 19.3. The summed E-state index contributed by atoms with van der Waals surface area (Å²) in [7, 11) is 0. The summed E-state index contributed by atoms with van der Waals surface area (Å²) in [5, 5.41) is 6.10. The second-order valence-corrected chi connectivity index (χ2v) is 7.99. The SMILES string of the molecule is Cc1cn2nc(-c3cc(F)c4cc(C5CCCCC5)ncc4c3)cc(C)c2n1. The Hall–Kier alpha value is -2.82. The monoisotopic (exact) mass is 374 g/mol. The van der Waals surface area contributed by atoms with Crippen LogP contribution in [0.5, 0.6) is 0 Å². The van der Waals surface area contributed by atoms with Crippen molar-refractivity contribution in [2.45, 2.75) is 51.9 Å². The summed E-state index contributed by atoms with van der Waals surface area (Å²) in [4.78, 5) is 9.16. The molecule has 0 bridgehead atoms. The molecule has 1 aliphatic rings. The number of rotatable bonds is 2. The number of fused-ring (bicyclic) bond motifs is 2. The lowest BCUT2D eigenvalue weighted by molar-refractivity contribution is 0.437. The summed E-state index contributed by atoms with van der Waals surface area (Å²) in [5.41, 5.74) is 5.29. The van der Waals surface area contributed by atoms with Crippen LogP contribution < -0.4 is 0 Å². The molecule has 0 radical (unpaired) electrons. The number of aromatic nitrogens is 4. The Bertz CT molecular complexity index is 1190. The van der Waals surface area contributed by atoms with Crippen LogP contribution in [0.4, 0.5) is 4.39 Å². The van der Waals surface area contributed by atoms with Gasteiger partial charge in [0, 0.05) is 34.1 Å². The fraction of sp³-hybridized carbons (Fsp3) is 0.348. The zero-order valence-corrected chi connectivity index (χ0v) is 16.2. The summed E-state index contributed by atoms with van der Waals surface area (Å²) >= 11 is 0. The van der Waals surface area contributed by atoms with Crippen LogP contribution in [0.15, 0.2) is 36.7 Å². The van der Waals surface area contributed by atoms with Gasteiger partial charge in [0.25, 0.3) is 0 Å². The van der Waals surface area contributed by atoms with E-state index in [9.17, 15) is 0 Å². The summed E-state index contributed by atoms with van der Waals surface area (Å²) in [6.07, 6.45) is 9.81. The first-order valence-electron chi connectivity index (χ1n) is 10.0. The molecule has 0 saturated heterocycles. The fourth-order valence-corrected chi connectivity index (χ4v) is 4.38. The van der Waals surface area contributed by atoms with Crippen LogP contribution in [0.25, 0.3) is 27.7 Å². The van der Waals surface area contributed by atoms with Gasteiger partial charge in [-0.1, -0.05) is 19.3 Å². The maximum Gasteiger partial charge on any atom is 0.156 e. The summed E-state index contributed by atoms with van der Waals surface area (Å²) < 4.78 is 16.8. The van der Waals surface area contributed by atoms with Gasteiger partial charge in [-0.3, -0.25) is 4.98 Å². The average molecular weight is 374 g/mol. The van der Waals surface area contributed by atoms with Gasteiger partial charge in [-0.25, -0.2) is 13.9 Å². The fourth-order valence-electron chi connectivity index (χ4n) is 4.38. The van der Waals surface area contributed by atoms with Gasteiger partial charge in [-0.05, 0) is 56.5 Å². The molecular formula is C23H23FN4. The van der Waals surface area contributed by atoms with Gasteiger partial charge in [-0.15, -0.1) is 0 Å². The maximum atomic E-state index is 15.0. The molecule has 1 fully saturated rings. The first-order valence-corrected chi connectivity index (χ1v) is 10.0. The van der Waals surface area contributed by atoms with E-state index < -0.39 is 0 Å². The molecule has 4 aromatic rings. The third kappa shape index (κ3) is 2.95. The summed E-state index contributed by atoms with van der Waals surface area (Å²) in [6, 6.07) is 7.48. The normalized spacial score (nSPS) is 15.5. The second kappa shape index (κ2) is 6.66. The lowest BCUT2D eigenvalue weighted by Crippen LogP contribution is -2.06. The minimum absolute atomic E-state index is 0.215. The van der Waals surface area contributed by atoms with Gasteiger partial charge in [0.1, 0.15) is 5.82 Å². The number of pyridine rings is 1. The molecule has 28 heavy (non-hydrogen) atoms. The molecule has 0 unspecified atom stereocenters. The van der Waals surface area contributed by atoms with Crippen molar-refractivity contribution < 1.29 is 4.39 Å². The lowest BCUT2D eigenvalue weighted by atomic mass is 9.86. The first kappa shape index (κ1) is 17.3. The van der Waals surface area contributed by atoms with Crippen molar-refractivity contribution in [3.05, 3.63) is 59.4 Å². The van der Waals surface area contributed by atoms with Crippen molar-refractivity contribution in [2.24, 2.45) is 0 Å². The van der Waals surface area contributed by atoms with Gasteiger partial charge in [0.15, 0.2) is 5.65 Å². The van der Waals surface area contributed by atoms with Crippen molar-refractivity contribution in [1.29, 1.82) is 0 Å². The molecule has 1 saturated carbocycles. The van der Waals surface area contributed by atoms with Gasteiger partial charge in [0.2, 0.25) is 0 Å². The first-order chi connectivity index (χ1) is 13.6. The Morgan fingerprint density at radius 3 is 2.68 bits per heavy atom. The molecule has 0 amide bonds. The molecule has 1 aliphatic carbocycles. The maximum absolute atomic E-state index is 15.0. The molecule has 1 aromatic carbocycles. The van der Waals surface area contributed by atoms with E-state index in [4.69, 9.17) is 0 Å². The molecule has 0 spiro atoms. The summed E-state index contributed by atoms with van der Waals surface area (Å²) in [5.74, 6) is 0.252. The van der Waals surface area contributed by atoms with Gasteiger partial charge in [0.05, 0.1) is 17.6 Å². The van der Waals surface area contributed by atoms with Gasteiger partial charge >= 0.3 is 0 Å². The predicted molar refractivity (Wildman–Crippen MR) is 109 cm³/mol. The van der Waals surface area contributed by atoms with Crippen molar-refractivity contribution in [1.82, 2.24) is 19.6 Å². The van der Waals surface area contributed by atoms with E-state index in [-0.39, 0.29) is 5.82 Å². The van der Waals surface area contributed by atoms with E-state index in [0.717, 1.165) is 52.1 Å². The Kier molecular flexibility index (Phi) is 4.11. The molecule has 4 nitrogen and oxygen atoms in total. The van der Waals surface area contributed by atoms with Crippen molar-refractivity contribution in [3.63, 3.8) is 0 Å². The quantitative estimate of drug-likeness (QED) is 0.449. The minimum atomic E-state index is -0.215. The van der Waals surface area contributed by atoms with E-state index in [2.05, 4.69) is 15.1 Å². The second-order valence-electron chi connectivity index (χ2n) is 7.99. The number of hydrogen-bond donors (Lipinski definition) is 0. The molecule has 142 valence electrons. The predicted octanol–water partition coefficient (Wildman–Crippen LogP) is 5.75. The Labute approximate surface area is 163 Å². The minimum Gasteiger partial charge on any atom is -0.260 e. The largest absolute Gasteiger partial charge is 0.260 e. The van der Waals surface area contributed by atoms with E-state index in [1.165, 1.54) is 19.3 Å². The molecule has 0 atom stereocenters. The van der Waals surface area contributed by atoms with Crippen LogP contribution in [0, 0.1) is 19.7 Å². The third-order valence-corrected chi connectivity index (χ3v) is 5.86. The van der Waals surface area contributed by atoms with Gasteiger partial charge in [-0.2, -0.15) is 5.10 Å². The van der Waals surface area contributed by atoms with Crippen LogP contribution in [0.1, 0.15) is 55.0 Å². The molecule has 3 heterocycles. The molecule has 0 aliphatic heterocycles. The average Bonchev–Trinajstić information content (AvgIpc) is 3.09. The highest BCUT2D eigenvalue weighted by molar-refractivity contribution is 5.87. The van der Waals surface area contributed by atoms with E-state index in [1.807, 2.05) is 44.4 Å². The highest BCUT2D eigenvalue weighted by atomic mass is 19.1. The lowest BCUT2D eigenvalue weighted by Gasteiger charge is -2.21. The van der Waals surface area contributed by atoms with Crippen LogP contribution >= 0.6 is 0 Å². The standard InChI is InChI=1S/C23H23FN4/c1-14-8-22(27-28-13-15(2)26-23(14)28)17-9-18-12-25-21(11-19(18)20(24)10-17)16-6-4-3-5-7-16/h8-13,16H,3-7H2,1-2H3. The van der Waals surface area contributed by atoms with E-state index in [0.29, 0.717) is 11.3 Å². The topological polar surface area (TPSA) is 43.1 Å². The third-order valence-electron chi connectivity index (χ3n) is 5.86. The summed E-state index contributed by atoms with van der Waals surface area (Å²) in [6.45, 7) is 3.95. The van der Waals surface area contributed by atoms with Crippen LogP contribution in [0.3, 0.4) is 0 Å².